The van der Waals surface area contributed by atoms with Crippen LogP contribution in [-0.2, 0) is 13.9 Å². The number of ether oxygens (including phenoxy) is 2. The highest BCUT2D eigenvalue weighted by Crippen LogP contribution is 2.38. The predicted molar refractivity (Wildman–Crippen MR) is 69.6 cm³/mol. The van der Waals surface area contributed by atoms with Crippen molar-refractivity contribution >= 4 is 8.32 Å². The summed E-state index contributed by atoms with van der Waals surface area (Å²) in [6.07, 6.45) is 1.62. The summed E-state index contributed by atoms with van der Waals surface area (Å²) in [6.45, 7) is 14.9. The zero-order chi connectivity index (χ0) is 13.0. The molecule has 0 aromatic carbocycles. The van der Waals surface area contributed by atoms with E-state index in [0.29, 0.717) is 5.95 Å². The lowest BCUT2D eigenvalue weighted by Crippen LogP contribution is -2.41. The summed E-state index contributed by atoms with van der Waals surface area (Å²) < 4.78 is 16.6. The Balaban J connectivity index is 4.70. The highest BCUT2D eigenvalue weighted by molar-refractivity contribution is 6.74. The molecule has 0 spiro atoms. The average Bonchev–Trinajstić information content (AvgIpc) is 1.99. The monoisotopic (exact) mass is 246 g/mol. The molecule has 3 nitrogen and oxygen atoms in total. The molecule has 0 atom stereocenters. The molecule has 0 aliphatic heterocycles. The van der Waals surface area contributed by atoms with Crippen LogP contribution in [0.25, 0.3) is 0 Å². The zero-order valence-corrected chi connectivity index (χ0v) is 12.9. The van der Waals surface area contributed by atoms with Gasteiger partial charge in [0.25, 0.3) is 8.32 Å². The number of hydrogen-bond acceptors (Lipinski definition) is 3. The molecule has 0 amide bonds. The fourth-order valence-corrected chi connectivity index (χ4v) is 1.71. The Morgan fingerprint density at radius 1 is 1.19 bits per heavy atom. The van der Waals surface area contributed by atoms with Crippen molar-refractivity contribution in [1.82, 2.24) is 0 Å². The van der Waals surface area contributed by atoms with Crippen molar-refractivity contribution in [2.75, 3.05) is 7.11 Å². The smallest absolute Gasteiger partial charge is 0.301 e. The lowest BCUT2D eigenvalue weighted by Gasteiger charge is -2.36. The highest BCUT2D eigenvalue weighted by atomic mass is 28.4. The minimum atomic E-state index is -1.85. The normalized spacial score (nSPS) is 13.9. The van der Waals surface area contributed by atoms with Crippen LogP contribution in [0.4, 0.5) is 0 Å². The van der Waals surface area contributed by atoms with Crippen LogP contribution in [0.1, 0.15) is 34.6 Å². The van der Waals surface area contributed by atoms with Gasteiger partial charge in [0.05, 0.1) is 13.2 Å². The van der Waals surface area contributed by atoms with Crippen molar-refractivity contribution in [2.45, 2.75) is 58.9 Å². The van der Waals surface area contributed by atoms with Crippen LogP contribution in [0.3, 0.4) is 0 Å². The van der Waals surface area contributed by atoms with E-state index >= 15 is 0 Å². The Kier molecular flexibility index (Phi) is 5.39. The van der Waals surface area contributed by atoms with Crippen LogP contribution in [-0.4, -0.2) is 21.5 Å². The van der Waals surface area contributed by atoms with Gasteiger partial charge >= 0.3 is 5.95 Å². The second-order valence-electron chi connectivity index (χ2n) is 5.70. The molecule has 0 rings (SSSR count). The van der Waals surface area contributed by atoms with Gasteiger partial charge in [-0.05, 0) is 32.0 Å². The molecule has 0 N–H and O–H groups in total. The van der Waals surface area contributed by atoms with E-state index in [4.69, 9.17) is 13.9 Å². The Morgan fingerprint density at radius 2 is 1.69 bits per heavy atom. The summed E-state index contributed by atoms with van der Waals surface area (Å²) in [6, 6.07) is 0. The molecule has 0 fully saturated rings. The molecule has 0 saturated carbocycles. The number of hydrogen-bond donors (Lipinski definition) is 0. The topological polar surface area (TPSA) is 27.7 Å². The Labute approximate surface area is 101 Å². The van der Waals surface area contributed by atoms with Crippen LogP contribution in [0.2, 0.25) is 18.1 Å². The fraction of sp³-hybridized carbons (Fsp3) is 0.833. The molecule has 0 saturated heterocycles. The van der Waals surface area contributed by atoms with Gasteiger partial charge in [-0.3, -0.25) is 0 Å². The Bertz CT molecular complexity index is 239. The SMILES string of the molecule is CO/C=C(/OC(C)C)O[Si](C)(C)C(C)(C)C. The van der Waals surface area contributed by atoms with Gasteiger partial charge in [-0.15, -0.1) is 0 Å². The first-order valence-corrected chi connectivity index (χ1v) is 8.59. The largest absolute Gasteiger partial charge is 0.517 e. The third-order valence-corrected chi connectivity index (χ3v) is 7.05. The lowest BCUT2D eigenvalue weighted by atomic mass is 10.2. The zero-order valence-electron chi connectivity index (χ0n) is 11.9. The van der Waals surface area contributed by atoms with Gasteiger partial charge in [-0.1, -0.05) is 20.8 Å². The standard InChI is InChI=1S/C12H26O3Si/c1-10(2)14-11(9-13-6)15-16(7,8)12(3,4)5/h9-10H,1-8H3/b11-9-. The summed E-state index contributed by atoms with van der Waals surface area (Å²) in [4.78, 5) is 0. The molecule has 4 heteroatoms. The second kappa shape index (κ2) is 5.62. The van der Waals surface area contributed by atoms with E-state index in [0.717, 1.165) is 0 Å². The van der Waals surface area contributed by atoms with E-state index < -0.39 is 8.32 Å². The van der Waals surface area contributed by atoms with Crippen LogP contribution < -0.4 is 0 Å². The van der Waals surface area contributed by atoms with Gasteiger partial charge in [0.15, 0.2) is 6.26 Å². The molecule has 16 heavy (non-hydrogen) atoms. The first-order valence-electron chi connectivity index (χ1n) is 5.69. The van der Waals surface area contributed by atoms with Gasteiger partial charge in [-0.25, -0.2) is 0 Å². The van der Waals surface area contributed by atoms with Crippen molar-refractivity contribution in [3.63, 3.8) is 0 Å². The van der Waals surface area contributed by atoms with Crippen LogP contribution in [0.5, 0.6) is 0 Å². The van der Waals surface area contributed by atoms with Crippen LogP contribution in [0, 0.1) is 0 Å². The minimum absolute atomic E-state index is 0.0890. The maximum atomic E-state index is 6.01. The summed E-state index contributed by atoms with van der Waals surface area (Å²) in [5.41, 5.74) is 0. The minimum Gasteiger partial charge on any atom is -0.517 e. The van der Waals surface area contributed by atoms with E-state index in [9.17, 15) is 0 Å². The van der Waals surface area contributed by atoms with E-state index in [1.165, 1.54) is 6.26 Å². The first kappa shape index (κ1) is 15.4. The summed E-state index contributed by atoms with van der Waals surface area (Å²) in [7, 11) is -0.249. The van der Waals surface area contributed by atoms with Crippen LogP contribution in [0.15, 0.2) is 12.2 Å². The first-order chi connectivity index (χ1) is 7.10. The summed E-state index contributed by atoms with van der Waals surface area (Å²) in [5.74, 6) is 0.490. The van der Waals surface area contributed by atoms with Gasteiger partial charge in [0.2, 0.25) is 0 Å². The molecule has 0 aliphatic carbocycles. The molecule has 0 aromatic heterocycles. The molecule has 0 radical (unpaired) electrons. The van der Waals surface area contributed by atoms with Crippen molar-refractivity contribution in [2.24, 2.45) is 0 Å². The van der Waals surface area contributed by atoms with Crippen molar-refractivity contribution < 1.29 is 13.9 Å². The molecular formula is C12H26O3Si. The average molecular weight is 246 g/mol. The van der Waals surface area contributed by atoms with Gasteiger partial charge in [0.1, 0.15) is 0 Å². The maximum absolute atomic E-state index is 6.01. The van der Waals surface area contributed by atoms with Gasteiger partial charge in [0, 0.05) is 0 Å². The molecular weight excluding hydrogens is 220 g/mol. The van der Waals surface area contributed by atoms with Crippen molar-refractivity contribution in [3.8, 4) is 0 Å². The third-order valence-electron chi connectivity index (χ3n) is 2.73. The Morgan fingerprint density at radius 3 is 2.00 bits per heavy atom. The number of methoxy groups -OCH3 is 1. The number of rotatable bonds is 5. The molecule has 0 unspecified atom stereocenters. The van der Waals surface area contributed by atoms with Crippen molar-refractivity contribution in [1.29, 1.82) is 0 Å². The fourth-order valence-electron chi connectivity index (χ4n) is 0.809. The third kappa shape index (κ3) is 4.92. The van der Waals surface area contributed by atoms with E-state index in [1.807, 2.05) is 13.8 Å². The van der Waals surface area contributed by atoms with Gasteiger partial charge in [-0.2, -0.15) is 0 Å². The summed E-state index contributed by atoms with van der Waals surface area (Å²) >= 11 is 0. The quantitative estimate of drug-likeness (QED) is 0.544. The highest BCUT2D eigenvalue weighted by Gasteiger charge is 2.40. The summed E-state index contributed by atoms with van der Waals surface area (Å²) in [5, 5.41) is 0.153. The molecule has 96 valence electrons. The molecule has 0 bridgehead atoms. The van der Waals surface area contributed by atoms with E-state index in [-0.39, 0.29) is 11.1 Å². The van der Waals surface area contributed by atoms with E-state index in [2.05, 4.69) is 33.9 Å². The Hall–Kier alpha value is -0.643. The van der Waals surface area contributed by atoms with Crippen LogP contribution >= 0.6 is 0 Å². The van der Waals surface area contributed by atoms with Crippen molar-refractivity contribution in [3.05, 3.63) is 12.2 Å². The van der Waals surface area contributed by atoms with E-state index in [1.54, 1.807) is 7.11 Å². The molecule has 0 heterocycles. The lowest BCUT2D eigenvalue weighted by molar-refractivity contribution is 0.0457. The van der Waals surface area contributed by atoms with Gasteiger partial charge < -0.3 is 13.9 Å². The second-order valence-corrected chi connectivity index (χ2v) is 10.4. The predicted octanol–water partition coefficient (Wildman–Crippen LogP) is 3.88. The molecule has 0 aliphatic rings. The maximum Gasteiger partial charge on any atom is 0.301 e. The molecule has 0 aromatic rings.